The highest BCUT2D eigenvalue weighted by molar-refractivity contribution is 5.44. The Bertz CT molecular complexity index is 442. The van der Waals surface area contributed by atoms with E-state index in [0.717, 1.165) is 37.9 Å². The molecule has 6 heteroatoms. The van der Waals surface area contributed by atoms with Crippen molar-refractivity contribution in [3.63, 3.8) is 0 Å². The highest BCUT2D eigenvalue weighted by Gasteiger charge is 2.26. The van der Waals surface area contributed by atoms with E-state index in [1.807, 2.05) is 19.9 Å². The Morgan fingerprint density at radius 2 is 2.29 bits per heavy atom. The number of nitrogens with zero attached hydrogens (tertiary/aromatic N) is 3. The highest BCUT2D eigenvalue weighted by Crippen LogP contribution is 2.25. The fourth-order valence-corrected chi connectivity index (χ4v) is 2.69. The average molecular weight is 294 g/mol. The molecule has 1 atom stereocenters. The van der Waals surface area contributed by atoms with E-state index in [-0.39, 0.29) is 0 Å². The van der Waals surface area contributed by atoms with E-state index >= 15 is 0 Å². The van der Waals surface area contributed by atoms with Gasteiger partial charge in [-0.05, 0) is 26.7 Å². The van der Waals surface area contributed by atoms with Gasteiger partial charge in [-0.2, -0.15) is 4.98 Å². The topological polar surface area (TPSA) is 59.5 Å². The largest absolute Gasteiger partial charge is 0.478 e. The molecule has 0 aliphatic carbocycles. The lowest BCUT2D eigenvalue weighted by Crippen LogP contribution is -2.39. The molecule has 0 amide bonds. The van der Waals surface area contributed by atoms with Crippen LogP contribution in [0.3, 0.4) is 0 Å². The van der Waals surface area contributed by atoms with Gasteiger partial charge >= 0.3 is 0 Å². The second-order valence-electron chi connectivity index (χ2n) is 5.23. The van der Waals surface area contributed by atoms with Crippen LogP contribution in [0.4, 0.5) is 5.82 Å². The van der Waals surface area contributed by atoms with Gasteiger partial charge in [-0.25, -0.2) is 4.98 Å². The minimum absolute atomic E-state index is 0.477. The number of ether oxygens (including phenoxy) is 2. The Morgan fingerprint density at radius 1 is 1.43 bits per heavy atom. The molecule has 6 nitrogen and oxygen atoms in total. The van der Waals surface area contributed by atoms with Crippen LogP contribution in [0.2, 0.25) is 0 Å². The monoisotopic (exact) mass is 294 g/mol. The predicted molar refractivity (Wildman–Crippen MR) is 83.1 cm³/mol. The van der Waals surface area contributed by atoms with Gasteiger partial charge in [-0.1, -0.05) is 0 Å². The molecule has 1 aromatic heterocycles. The van der Waals surface area contributed by atoms with E-state index < -0.39 is 0 Å². The van der Waals surface area contributed by atoms with E-state index in [0.29, 0.717) is 18.5 Å². The maximum Gasteiger partial charge on any atom is 0.218 e. The van der Waals surface area contributed by atoms with Crippen molar-refractivity contribution in [1.82, 2.24) is 15.3 Å². The first-order valence-electron chi connectivity index (χ1n) is 7.69. The average Bonchev–Trinajstić information content (AvgIpc) is 2.92. The molecular formula is C15H26N4O2. The highest BCUT2D eigenvalue weighted by atomic mass is 16.5. The third-order valence-electron chi connectivity index (χ3n) is 3.63. The van der Waals surface area contributed by atoms with Crippen LogP contribution in [0.1, 0.15) is 25.6 Å². The lowest BCUT2D eigenvalue weighted by molar-refractivity contribution is 0.199. The van der Waals surface area contributed by atoms with Gasteiger partial charge in [0, 0.05) is 38.9 Å². The van der Waals surface area contributed by atoms with Crippen molar-refractivity contribution in [2.24, 2.45) is 0 Å². The standard InChI is InChI=1S/C15H26N4O2/c1-4-21-15-10-14(17-12(2)18-15)19-8-5-6-13(19)11-16-7-9-20-3/h10,13,16H,4-9,11H2,1-3H3. The zero-order valence-electron chi connectivity index (χ0n) is 13.3. The molecule has 118 valence electrons. The first-order valence-corrected chi connectivity index (χ1v) is 7.69. The third-order valence-corrected chi connectivity index (χ3v) is 3.63. The van der Waals surface area contributed by atoms with Gasteiger partial charge in [-0.3, -0.25) is 0 Å². The molecule has 2 heterocycles. The summed E-state index contributed by atoms with van der Waals surface area (Å²) in [6.45, 7) is 8.12. The quantitative estimate of drug-likeness (QED) is 0.731. The van der Waals surface area contributed by atoms with Crippen molar-refractivity contribution in [2.45, 2.75) is 32.7 Å². The molecule has 0 aromatic carbocycles. The molecule has 1 fully saturated rings. The molecular weight excluding hydrogens is 268 g/mol. The molecule has 0 spiro atoms. The van der Waals surface area contributed by atoms with E-state index in [4.69, 9.17) is 9.47 Å². The summed E-state index contributed by atoms with van der Waals surface area (Å²) in [4.78, 5) is 11.2. The maximum absolute atomic E-state index is 5.53. The first kappa shape index (κ1) is 16.0. The Morgan fingerprint density at radius 3 is 3.05 bits per heavy atom. The second kappa shape index (κ2) is 8.14. The molecule has 1 aliphatic heterocycles. The number of aryl methyl sites for hydroxylation is 1. The number of nitrogens with one attached hydrogen (secondary N) is 1. The zero-order valence-corrected chi connectivity index (χ0v) is 13.3. The van der Waals surface area contributed by atoms with Crippen molar-refractivity contribution < 1.29 is 9.47 Å². The van der Waals surface area contributed by atoms with Crippen molar-refractivity contribution >= 4 is 5.82 Å². The number of hydrogen-bond donors (Lipinski definition) is 1. The van der Waals surface area contributed by atoms with Gasteiger partial charge < -0.3 is 19.7 Å². The lowest BCUT2D eigenvalue weighted by atomic mass is 10.2. The van der Waals surface area contributed by atoms with Gasteiger partial charge in [0.05, 0.1) is 13.2 Å². The van der Waals surface area contributed by atoms with Crippen LogP contribution in [0, 0.1) is 6.92 Å². The smallest absolute Gasteiger partial charge is 0.218 e. The molecule has 0 radical (unpaired) electrons. The van der Waals surface area contributed by atoms with Crippen LogP contribution in [0.5, 0.6) is 5.88 Å². The van der Waals surface area contributed by atoms with Crippen molar-refractivity contribution in [3.8, 4) is 5.88 Å². The Hall–Kier alpha value is -1.40. The second-order valence-corrected chi connectivity index (χ2v) is 5.23. The van der Waals surface area contributed by atoms with Crippen LogP contribution in [0.15, 0.2) is 6.07 Å². The Kier molecular flexibility index (Phi) is 6.20. The summed E-state index contributed by atoms with van der Waals surface area (Å²) in [5.41, 5.74) is 0. The van der Waals surface area contributed by atoms with Gasteiger partial charge in [-0.15, -0.1) is 0 Å². The minimum Gasteiger partial charge on any atom is -0.478 e. The van der Waals surface area contributed by atoms with Crippen LogP contribution in [-0.4, -0.2) is 56.0 Å². The van der Waals surface area contributed by atoms with Crippen LogP contribution in [0.25, 0.3) is 0 Å². The van der Waals surface area contributed by atoms with Gasteiger partial charge in [0.25, 0.3) is 0 Å². The number of methoxy groups -OCH3 is 1. The van der Waals surface area contributed by atoms with E-state index in [1.165, 1.54) is 12.8 Å². The van der Waals surface area contributed by atoms with E-state index in [2.05, 4.69) is 20.2 Å². The summed E-state index contributed by atoms with van der Waals surface area (Å²) < 4.78 is 10.6. The summed E-state index contributed by atoms with van der Waals surface area (Å²) in [6, 6.07) is 2.43. The fraction of sp³-hybridized carbons (Fsp3) is 0.733. The molecule has 1 saturated heterocycles. The maximum atomic E-state index is 5.53. The van der Waals surface area contributed by atoms with Crippen LogP contribution in [-0.2, 0) is 4.74 Å². The van der Waals surface area contributed by atoms with E-state index in [1.54, 1.807) is 7.11 Å². The lowest BCUT2D eigenvalue weighted by Gasteiger charge is -2.26. The molecule has 0 bridgehead atoms. The molecule has 1 N–H and O–H groups in total. The molecule has 21 heavy (non-hydrogen) atoms. The number of aromatic nitrogens is 2. The first-order chi connectivity index (χ1) is 10.2. The van der Waals surface area contributed by atoms with Crippen LogP contribution >= 0.6 is 0 Å². The van der Waals surface area contributed by atoms with Gasteiger partial charge in [0.1, 0.15) is 11.6 Å². The summed E-state index contributed by atoms with van der Waals surface area (Å²) >= 11 is 0. The van der Waals surface area contributed by atoms with Crippen LogP contribution < -0.4 is 15.0 Å². The summed E-state index contributed by atoms with van der Waals surface area (Å²) in [7, 11) is 1.72. The number of hydrogen-bond acceptors (Lipinski definition) is 6. The summed E-state index contributed by atoms with van der Waals surface area (Å²) in [5.74, 6) is 2.40. The zero-order chi connectivity index (χ0) is 15.1. The minimum atomic E-state index is 0.477. The third kappa shape index (κ3) is 4.54. The molecule has 2 rings (SSSR count). The SMILES string of the molecule is CCOc1cc(N2CCCC2CNCCOC)nc(C)n1. The molecule has 0 saturated carbocycles. The number of rotatable bonds is 8. The molecule has 1 aliphatic rings. The molecule has 1 aromatic rings. The van der Waals surface area contributed by atoms with Gasteiger partial charge in [0.2, 0.25) is 5.88 Å². The van der Waals surface area contributed by atoms with Crippen molar-refractivity contribution in [1.29, 1.82) is 0 Å². The molecule has 1 unspecified atom stereocenters. The van der Waals surface area contributed by atoms with Gasteiger partial charge in [0.15, 0.2) is 0 Å². The Balaban J connectivity index is 2.01. The normalized spacial score (nSPS) is 18.2. The predicted octanol–water partition coefficient (Wildman–Crippen LogP) is 1.39. The summed E-state index contributed by atoms with van der Waals surface area (Å²) in [6.07, 6.45) is 2.39. The van der Waals surface area contributed by atoms with Crippen molar-refractivity contribution in [3.05, 3.63) is 11.9 Å². The van der Waals surface area contributed by atoms with E-state index in [9.17, 15) is 0 Å². The van der Waals surface area contributed by atoms with Crippen molar-refractivity contribution in [2.75, 3.05) is 44.9 Å². The number of anilines is 1. The fourth-order valence-electron chi connectivity index (χ4n) is 2.69. The summed E-state index contributed by atoms with van der Waals surface area (Å²) in [5, 5.41) is 3.44. The Labute approximate surface area is 126 Å².